The van der Waals surface area contributed by atoms with Crippen molar-refractivity contribution in [1.29, 1.82) is 0 Å². The van der Waals surface area contributed by atoms with E-state index in [1.54, 1.807) is 43.7 Å². The Morgan fingerprint density at radius 1 is 1.09 bits per heavy atom. The second-order valence-corrected chi connectivity index (χ2v) is 6.29. The highest BCUT2D eigenvalue weighted by Gasteiger charge is 2.11. The third-order valence-electron chi connectivity index (χ3n) is 2.94. The average Bonchev–Trinajstić information content (AvgIpc) is 2.56. The molecule has 5 nitrogen and oxygen atoms in total. The van der Waals surface area contributed by atoms with E-state index in [-0.39, 0.29) is 11.4 Å². The summed E-state index contributed by atoms with van der Waals surface area (Å²) in [6.45, 7) is 0.627. The SMILES string of the molecule is COc1ccc(C=NCCNS(=O)(=O)c2ccccc2)cc1. The monoisotopic (exact) mass is 318 g/mol. The number of benzene rings is 2. The Bertz CT molecular complexity index is 711. The van der Waals surface area contributed by atoms with E-state index in [4.69, 9.17) is 4.74 Å². The van der Waals surface area contributed by atoms with Crippen molar-refractivity contribution >= 4 is 16.2 Å². The summed E-state index contributed by atoms with van der Waals surface area (Å²) in [6, 6.07) is 15.7. The predicted octanol–water partition coefficient (Wildman–Crippen LogP) is 2.09. The molecule has 0 atom stereocenters. The van der Waals surface area contributed by atoms with Crippen molar-refractivity contribution < 1.29 is 13.2 Å². The van der Waals surface area contributed by atoms with Crippen LogP contribution in [0.3, 0.4) is 0 Å². The Balaban J connectivity index is 1.82. The molecular weight excluding hydrogens is 300 g/mol. The number of methoxy groups -OCH3 is 1. The molecule has 0 aliphatic carbocycles. The van der Waals surface area contributed by atoms with Crippen molar-refractivity contribution in [2.24, 2.45) is 4.99 Å². The van der Waals surface area contributed by atoms with Crippen molar-refractivity contribution in [1.82, 2.24) is 4.72 Å². The molecule has 22 heavy (non-hydrogen) atoms. The zero-order chi connectivity index (χ0) is 15.8. The van der Waals surface area contributed by atoms with Crippen molar-refractivity contribution in [2.75, 3.05) is 20.2 Å². The number of aliphatic imine (C=N–C) groups is 1. The normalized spacial score (nSPS) is 11.7. The lowest BCUT2D eigenvalue weighted by Gasteiger charge is -2.04. The number of ether oxygens (including phenoxy) is 1. The Kier molecular flexibility index (Phi) is 5.68. The minimum absolute atomic E-state index is 0.254. The topological polar surface area (TPSA) is 67.8 Å². The van der Waals surface area contributed by atoms with Crippen LogP contribution in [0.4, 0.5) is 0 Å². The van der Waals surface area contributed by atoms with E-state index in [1.165, 1.54) is 0 Å². The molecule has 0 aliphatic heterocycles. The number of nitrogens with one attached hydrogen (secondary N) is 1. The van der Waals surface area contributed by atoms with Crippen molar-refractivity contribution in [2.45, 2.75) is 4.90 Å². The molecule has 2 aromatic rings. The van der Waals surface area contributed by atoms with Gasteiger partial charge >= 0.3 is 0 Å². The summed E-state index contributed by atoms with van der Waals surface area (Å²) < 4.78 is 31.5. The van der Waals surface area contributed by atoms with Gasteiger partial charge in [0, 0.05) is 12.8 Å². The number of sulfonamides is 1. The van der Waals surface area contributed by atoms with E-state index >= 15 is 0 Å². The number of nitrogens with zero attached hydrogens (tertiary/aromatic N) is 1. The summed E-state index contributed by atoms with van der Waals surface area (Å²) >= 11 is 0. The van der Waals surface area contributed by atoms with Crippen LogP contribution in [0, 0.1) is 0 Å². The molecule has 6 heteroatoms. The van der Waals surface area contributed by atoms with Crippen LogP contribution < -0.4 is 9.46 Å². The summed E-state index contributed by atoms with van der Waals surface area (Å²) in [4.78, 5) is 4.46. The average molecular weight is 318 g/mol. The minimum Gasteiger partial charge on any atom is -0.497 e. The molecule has 0 aliphatic rings. The Morgan fingerprint density at radius 3 is 2.41 bits per heavy atom. The van der Waals surface area contributed by atoms with Gasteiger partial charge in [0.1, 0.15) is 5.75 Å². The van der Waals surface area contributed by atoms with Gasteiger partial charge in [-0.15, -0.1) is 0 Å². The maximum absolute atomic E-state index is 12.0. The van der Waals surface area contributed by atoms with Gasteiger partial charge in [0.15, 0.2) is 0 Å². The first-order valence-electron chi connectivity index (χ1n) is 6.80. The molecule has 2 aromatic carbocycles. The lowest BCUT2D eigenvalue weighted by molar-refractivity contribution is 0.415. The first-order valence-corrected chi connectivity index (χ1v) is 8.29. The molecule has 0 amide bonds. The fraction of sp³-hybridized carbons (Fsp3) is 0.188. The highest BCUT2D eigenvalue weighted by molar-refractivity contribution is 7.89. The maximum Gasteiger partial charge on any atom is 0.240 e. The Hall–Kier alpha value is -2.18. The van der Waals surface area contributed by atoms with Gasteiger partial charge in [-0.1, -0.05) is 18.2 Å². The van der Waals surface area contributed by atoms with E-state index < -0.39 is 10.0 Å². The lowest BCUT2D eigenvalue weighted by Crippen LogP contribution is -2.26. The summed E-state index contributed by atoms with van der Waals surface area (Å²) in [5.74, 6) is 0.785. The van der Waals surface area contributed by atoms with Crippen molar-refractivity contribution in [3.63, 3.8) is 0 Å². The maximum atomic E-state index is 12.0. The standard InChI is InChI=1S/C16H18N2O3S/c1-21-15-9-7-14(8-10-15)13-17-11-12-18-22(19,20)16-5-3-2-4-6-16/h2-10,13,18H,11-12H2,1H3. The fourth-order valence-electron chi connectivity index (χ4n) is 1.79. The van der Waals surface area contributed by atoms with E-state index in [9.17, 15) is 8.42 Å². The van der Waals surface area contributed by atoms with Gasteiger partial charge in [-0.2, -0.15) is 0 Å². The fourth-order valence-corrected chi connectivity index (χ4v) is 2.83. The summed E-state index contributed by atoms with van der Waals surface area (Å²) in [5.41, 5.74) is 0.937. The van der Waals surface area contributed by atoms with Crippen LogP contribution in [0.5, 0.6) is 5.75 Å². The van der Waals surface area contributed by atoms with Crippen LogP contribution in [0.15, 0.2) is 64.5 Å². The van der Waals surface area contributed by atoms with Crippen LogP contribution in [-0.2, 0) is 10.0 Å². The molecule has 0 fully saturated rings. The minimum atomic E-state index is -3.45. The van der Waals surface area contributed by atoms with Gasteiger partial charge in [-0.05, 0) is 42.0 Å². The lowest BCUT2D eigenvalue weighted by atomic mass is 10.2. The van der Waals surface area contributed by atoms with Gasteiger partial charge in [-0.25, -0.2) is 13.1 Å². The first-order chi connectivity index (χ1) is 10.6. The highest BCUT2D eigenvalue weighted by Crippen LogP contribution is 2.09. The third-order valence-corrected chi connectivity index (χ3v) is 4.42. The van der Waals surface area contributed by atoms with Gasteiger partial charge in [-0.3, -0.25) is 4.99 Å². The number of rotatable bonds is 7. The quantitative estimate of drug-likeness (QED) is 0.628. The number of hydrogen-bond donors (Lipinski definition) is 1. The molecular formula is C16H18N2O3S. The summed E-state index contributed by atoms with van der Waals surface area (Å²) in [6.07, 6.45) is 1.70. The molecule has 0 saturated heterocycles. The zero-order valence-corrected chi connectivity index (χ0v) is 13.1. The molecule has 0 heterocycles. The smallest absolute Gasteiger partial charge is 0.240 e. The third kappa shape index (κ3) is 4.68. The molecule has 0 aromatic heterocycles. The predicted molar refractivity (Wildman–Crippen MR) is 87.1 cm³/mol. The Labute approximate surface area is 130 Å². The van der Waals surface area contributed by atoms with Gasteiger partial charge in [0.2, 0.25) is 10.0 Å². The second kappa shape index (κ2) is 7.72. The number of hydrogen-bond acceptors (Lipinski definition) is 4. The van der Waals surface area contributed by atoms with Crippen LogP contribution in [0.1, 0.15) is 5.56 Å². The van der Waals surface area contributed by atoms with E-state index in [0.29, 0.717) is 6.54 Å². The van der Waals surface area contributed by atoms with Crippen LogP contribution >= 0.6 is 0 Å². The molecule has 0 radical (unpaired) electrons. The summed E-state index contributed by atoms with van der Waals surface area (Å²) in [5, 5.41) is 0. The van der Waals surface area contributed by atoms with E-state index in [1.807, 2.05) is 24.3 Å². The van der Waals surface area contributed by atoms with E-state index in [2.05, 4.69) is 9.71 Å². The molecule has 0 saturated carbocycles. The van der Waals surface area contributed by atoms with Gasteiger partial charge in [0.05, 0.1) is 18.6 Å². The van der Waals surface area contributed by atoms with Crippen molar-refractivity contribution in [3.05, 3.63) is 60.2 Å². The van der Waals surface area contributed by atoms with Gasteiger partial charge < -0.3 is 4.74 Å². The zero-order valence-electron chi connectivity index (χ0n) is 12.3. The van der Waals surface area contributed by atoms with Crippen LogP contribution in [-0.4, -0.2) is 34.8 Å². The summed E-state index contributed by atoms with van der Waals surface area (Å²) in [7, 11) is -1.84. The van der Waals surface area contributed by atoms with E-state index in [0.717, 1.165) is 11.3 Å². The Morgan fingerprint density at radius 2 is 1.77 bits per heavy atom. The molecule has 0 unspecified atom stereocenters. The van der Waals surface area contributed by atoms with Crippen molar-refractivity contribution in [3.8, 4) is 5.75 Å². The molecule has 116 valence electrons. The highest BCUT2D eigenvalue weighted by atomic mass is 32.2. The van der Waals surface area contributed by atoms with Crippen LogP contribution in [0.2, 0.25) is 0 Å². The molecule has 0 bridgehead atoms. The molecule has 1 N–H and O–H groups in total. The largest absolute Gasteiger partial charge is 0.497 e. The first kappa shape index (κ1) is 16.2. The second-order valence-electron chi connectivity index (χ2n) is 4.52. The van der Waals surface area contributed by atoms with Gasteiger partial charge in [0.25, 0.3) is 0 Å². The molecule has 0 spiro atoms. The molecule has 2 rings (SSSR count). The van der Waals surface area contributed by atoms with Crippen LogP contribution in [0.25, 0.3) is 0 Å².